The second kappa shape index (κ2) is 5.36. The van der Waals surface area contributed by atoms with Gasteiger partial charge in [-0.3, -0.25) is 9.36 Å². The zero-order chi connectivity index (χ0) is 14.0. The van der Waals surface area contributed by atoms with E-state index >= 15 is 0 Å². The van der Waals surface area contributed by atoms with Crippen LogP contribution in [0.5, 0.6) is 0 Å². The molecule has 1 aromatic carbocycles. The molecule has 0 unspecified atom stereocenters. The van der Waals surface area contributed by atoms with Gasteiger partial charge < -0.3 is 4.74 Å². The number of carbonyl (C=O) groups excluding carboxylic acids is 1. The molecule has 0 atom stereocenters. The van der Waals surface area contributed by atoms with Gasteiger partial charge in [-0.1, -0.05) is 0 Å². The van der Waals surface area contributed by atoms with Crippen LogP contribution in [0.1, 0.15) is 10.5 Å². The molecule has 98 valence electrons. The maximum absolute atomic E-state index is 12.9. The van der Waals surface area contributed by atoms with Gasteiger partial charge in [-0.25, -0.2) is 9.18 Å². The van der Waals surface area contributed by atoms with Gasteiger partial charge in [0.1, 0.15) is 11.5 Å². The van der Waals surface area contributed by atoms with Crippen LogP contribution in [-0.4, -0.2) is 17.6 Å². The van der Waals surface area contributed by atoms with Gasteiger partial charge in [-0.05, 0) is 46.3 Å². The monoisotopic (exact) mass is 325 g/mol. The van der Waals surface area contributed by atoms with Crippen LogP contribution >= 0.6 is 15.9 Å². The molecule has 0 saturated heterocycles. The van der Waals surface area contributed by atoms with Gasteiger partial charge in [0.05, 0.1) is 7.11 Å². The van der Waals surface area contributed by atoms with Gasteiger partial charge in [0.25, 0.3) is 5.56 Å². The van der Waals surface area contributed by atoms with Gasteiger partial charge in [0, 0.05) is 16.2 Å². The van der Waals surface area contributed by atoms with E-state index in [4.69, 9.17) is 0 Å². The number of benzene rings is 1. The smallest absolute Gasteiger partial charge is 0.356 e. The molecule has 0 radical (unpaired) electrons. The predicted molar refractivity (Wildman–Crippen MR) is 71.0 cm³/mol. The number of esters is 1. The summed E-state index contributed by atoms with van der Waals surface area (Å²) < 4.78 is 19.2. The maximum Gasteiger partial charge on any atom is 0.356 e. The lowest BCUT2D eigenvalue weighted by Crippen LogP contribution is -2.24. The van der Waals surface area contributed by atoms with E-state index in [1.54, 1.807) is 0 Å². The summed E-state index contributed by atoms with van der Waals surface area (Å²) in [6.45, 7) is 0. The Morgan fingerprint density at radius 1 is 1.21 bits per heavy atom. The lowest BCUT2D eigenvalue weighted by Gasteiger charge is -2.12. The summed E-state index contributed by atoms with van der Waals surface area (Å²) in [7, 11) is 1.22. The van der Waals surface area contributed by atoms with Crippen LogP contribution in [0.4, 0.5) is 4.39 Å². The van der Waals surface area contributed by atoms with E-state index in [1.807, 2.05) is 0 Å². The van der Waals surface area contributed by atoms with Crippen molar-refractivity contribution >= 4 is 21.9 Å². The average Bonchev–Trinajstić information content (AvgIpc) is 2.41. The highest BCUT2D eigenvalue weighted by molar-refractivity contribution is 9.10. The highest BCUT2D eigenvalue weighted by Crippen LogP contribution is 2.19. The van der Waals surface area contributed by atoms with E-state index in [9.17, 15) is 14.0 Å². The summed E-state index contributed by atoms with van der Waals surface area (Å²) >= 11 is 3.20. The minimum atomic E-state index is -0.658. The second-order valence-electron chi connectivity index (χ2n) is 3.67. The van der Waals surface area contributed by atoms with Crippen molar-refractivity contribution in [3.8, 4) is 5.69 Å². The molecule has 0 fully saturated rings. The fourth-order valence-corrected chi connectivity index (χ4v) is 2.12. The van der Waals surface area contributed by atoms with Crippen molar-refractivity contribution in [3.63, 3.8) is 0 Å². The average molecular weight is 326 g/mol. The van der Waals surface area contributed by atoms with E-state index in [-0.39, 0.29) is 5.69 Å². The van der Waals surface area contributed by atoms with Crippen molar-refractivity contribution in [2.75, 3.05) is 7.11 Å². The predicted octanol–water partition coefficient (Wildman–Crippen LogP) is 2.53. The number of pyridine rings is 1. The number of hydrogen-bond donors (Lipinski definition) is 0. The van der Waals surface area contributed by atoms with Crippen molar-refractivity contribution < 1.29 is 13.9 Å². The number of carbonyl (C=O) groups is 1. The van der Waals surface area contributed by atoms with Crippen molar-refractivity contribution in [1.82, 2.24) is 4.57 Å². The van der Waals surface area contributed by atoms with Gasteiger partial charge in [-0.15, -0.1) is 0 Å². The zero-order valence-electron chi connectivity index (χ0n) is 9.89. The fourth-order valence-electron chi connectivity index (χ4n) is 1.65. The van der Waals surface area contributed by atoms with Crippen LogP contribution in [0, 0.1) is 5.82 Å². The van der Waals surface area contributed by atoms with Crippen LogP contribution in [0.25, 0.3) is 5.69 Å². The summed E-state index contributed by atoms with van der Waals surface area (Å²) in [5.41, 5.74) is 0.0323. The highest BCUT2D eigenvalue weighted by atomic mass is 79.9. The van der Waals surface area contributed by atoms with Crippen LogP contribution in [0.2, 0.25) is 0 Å². The minimum absolute atomic E-state index is 0.0570. The van der Waals surface area contributed by atoms with E-state index in [1.165, 1.54) is 43.5 Å². The van der Waals surface area contributed by atoms with Crippen LogP contribution in [0.15, 0.2) is 45.7 Å². The molecule has 1 heterocycles. The molecular weight excluding hydrogens is 317 g/mol. The number of halogens is 2. The highest BCUT2D eigenvalue weighted by Gasteiger charge is 2.18. The molecule has 6 heteroatoms. The van der Waals surface area contributed by atoms with E-state index in [2.05, 4.69) is 20.7 Å². The number of hydrogen-bond acceptors (Lipinski definition) is 3. The van der Waals surface area contributed by atoms with Crippen LogP contribution in [-0.2, 0) is 4.74 Å². The van der Waals surface area contributed by atoms with Gasteiger partial charge in [-0.2, -0.15) is 0 Å². The molecule has 2 rings (SSSR count). The third-order valence-corrected chi connectivity index (χ3v) is 3.15. The molecule has 0 aliphatic carbocycles. The van der Waals surface area contributed by atoms with E-state index in [0.717, 1.165) is 4.57 Å². The van der Waals surface area contributed by atoms with E-state index in [0.29, 0.717) is 10.2 Å². The number of nitrogens with zero attached hydrogens (tertiary/aromatic N) is 1. The third-order valence-electron chi connectivity index (χ3n) is 2.51. The van der Waals surface area contributed by atoms with Crippen molar-refractivity contribution in [2.24, 2.45) is 0 Å². The molecule has 0 saturated carbocycles. The van der Waals surface area contributed by atoms with E-state index < -0.39 is 17.3 Å². The number of methoxy groups -OCH3 is 1. The molecular formula is C13H9BrFNO3. The Morgan fingerprint density at radius 2 is 1.84 bits per heavy atom. The number of rotatable bonds is 2. The summed E-state index contributed by atoms with van der Waals surface area (Å²) in [6.07, 6.45) is 0. The zero-order valence-corrected chi connectivity index (χ0v) is 11.5. The molecule has 19 heavy (non-hydrogen) atoms. The normalized spacial score (nSPS) is 10.3. The quantitative estimate of drug-likeness (QED) is 0.797. The maximum atomic E-state index is 12.9. The first-order chi connectivity index (χ1) is 9.04. The summed E-state index contributed by atoms with van der Waals surface area (Å²) in [6, 6.07) is 8.02. The van der Waals surface area contributed by atoms with Crippen molar-refractivity contribution in [2.45, 2.75) is 0 Å². The summed E-state index contributed by atoms with van der Waals surface area (Å²) in [5, 5.41) is 0. The first kappa shape index (κ1) is 13.5. The molecule has 0 amide bonds. The number of ether oxygens (including phenoxy) is 1. The third kappa shape index (κ3) is 2.58. The van der Waals surface area contributed by atoms with Gasteiger partial charge in [0.2, 0.25) is 0 Å². The Balaban J connectivity index is 2.74. The first-order valence-electron chi connectivity index (χ1n) is 5.30. The Kier molecular flexibility index (Phi) is 3.80. The fraction of sp³-hybridized carbons (Fsp3) is 0.0769. The van der Waals surface area contributed by atoms with Gasteiger partial charge >= 0.3 is 5.97 Å². The Morgan fingerprint density at radius 3 is 2.42 bits per heavy atom. The molecule has 4 nitrogen and oxygen atoms in total. The second-order valence-corrected chi connectivity index (χ2v) is 4.53. The topological polar surface area (TPSA) is 48.3 Å². The lowest BCUT2D eigenvalue weighted by atomic mass is 10.2. The molecule has 0 aliphatic rings. The standard InChI is InChI=1S/C13H9BrFNO3/c1-19-13(18)12-10(14)6-7-11(17)16(12)9-4-2-8(15)3-5-9/h2-7H,1H3. The Hall–Kier alpha value is -1.95. The molecule has 2 aromatic rings. The number of aromatic nitrogens is 1. The summed E-state index contributed by atoms with van der Waals surface area (Å²) in [4.78, 5) is 23.7. The lowest BCUT2D eigenvalue weighted by molar-refractivity contribution is 0.0589. The van der Waals surface area contributed by atoms with Gasteiger partial charge in [0.15, 0.2) is 0 Å². The summed E-state index contributed by atoms with van der Waals surface area (Å²) in [5.74, 6) is -1.08. The molecule has 0 bridgehead atoms. The van der Waals surface area contributed by atoms with Crippen LogP contribution in [0.3, 0.4) is 0 Å². The molecule has 1 aromatic heterocycles. The minimum Gasteiger partial charge on any atom is -0.464 e. The Labute approximate surface area is 116 Å². The molecule has 0 aliphatic heterocycles. The largest absolute Gasteiger partial charge is 0.464 e. The molecule has 0 N–H and O–H groups in total. The van der Waals surface area contributed by atoms with Crippen molar-refractivity contribution in [1.29, 1.82) is 0 Å². The van der Waals surface area contributed by atoms with Crippen LogP contribution < -0.4 is 5.56 Å². The van der Waals surface area contributed by atoms with Crippen molar-refractivity contribution in [3.05, 3.63) is 62.7 Å². The SMILES string of the molecule is COC(=O)c1c(Br)ccc(=O)n1-c1ccc(F)cc1. The Bertz CT molecular complexity index is 679. The first-order valence-corrected chi connectivity index (χ1v) is 6.09. The molecule has 0 spiro atoms.